The summed E-state index contributed by atoms with van der Waals surface area (Å²) in [6, 6.07) is 51.3. The Morgan fingerprint density at radius 2 is 1.21 bits per heavy atom. The lowest BCUT2D eigenvalue weighted by molar-refractivity contribution is 0.489. The molecule has 8 aromatic rings. The predicted octanol–water partition coefficient (Wildman–Crippen LogP) is 14.3. The SMILES string of the molecule is C=C/C=C(\C=C)c1ccc2cc3c4c(cccc4c2c1)-c1cccc(-c2ccc4cc(-c5ccc6c(c5)C(C)(C)c5ccccc5-6)ccc4c2)c1O3. The third-order valence-corrected chi connectivity index (χ3v) is 11.4. The fraction of sp³-hybridized carbons (Fsp3) is 0.0588. The molecule has 0 fully saturated rings. The van der Waals surface area contributed by atoms with E-state index in [4.69, 9.17) is 4.74 Å². The highest BCUT2D eigenvalue weighted by Crippen LogP contribution is 2.53. The van der Waals surface area contributed by atoms with Crippen molar-refractivity contribution >= 4 is 37.9 Å². The summed E-state index contributed by atoms with van der Waals surface area (Å²) in [7, 11) is 0. The molecule has 0 bridgehead atoms. The zero-order chi connectivity index (χ0) is 35.1. The average Bonchev–Trinajstić information content (AvgIpc) is 3.41. The first-order valence-corrected chi connectivity index (χ1v) is 18.0. The van der Waals surface area contributed by atoms with E-state index in [2.05, 4.69) is 167 Å². The fourth-order valence-corrected chi connectivity index (χ4v) is 8.74. The predicted molar refractivity (Wildman–Crippen MR) is 221 cm³/mol. The molecule has 0 saturated heterocycles. The van der Waals surface area contributed by atoms with Crippen molar-refractivity contribution in [1.29, 1.82) is 0 Å². The first-order chi connectivity index (χ1) is 25.4. The molecule has 10 rings (SSSR count). The molecule has 1 aliphatic carbocycles. The molecule has 8 aromatic carbocycles. The third kappa shape index (κ3) is 4.42. The van der Waals surface area contributed by atoms with Gasteiger partial charge < -0.3 is 4.74 Å². The van der Waals surface area contributed by atoms with Crippen LogP contribution in [0.4, 0.5) is 0 Å². The molecule has 1 heterocycles. The molecular weight excluding hydrogens is 629 g/mol. The van der Waals surface area contributed by atoms with Gasteiger partial charge in [-0.3, -0.25) is 0 Å². The molecule has 0 spiro atoms. The molecular formula is C51H36O. The summed E-state index contributed by atoms with van der Waals surface area (Å²) in [6.07, 6.45) is 5.69. The maximum absolute atomic E-state index is 6.91. The van der Waals surface area contributed by atoms with Crippen LogP contribution in [0.5, 0.6) is 11.5 Å². The van der Waals surface area contributed by atoms with Crippen LogP contribution in [0.3, 0.4) is 0 Å². The van der Waals surface area contributed by atoms with Crippen molar-refractivity contribution in [3.05, 3.63) is 188 Å². The van der Waals surface area contributed by atoms with E-state index in [9.17, 15) is 0 Å². The van der Waals surface area contributed by atoms with E-state index < -0.39 is 0 Å². The van der Waals surface area contributed by atoms with Gasteiger partial charge in [0.25, 0.3) is 0 Å². The van der Waals surface area contributed by atoms with Crippen LogP contribution in [-0.2, 0) is 5.41 Å². The number of fused-ring (bicyclic) bond motifs is 8. The highest BCUT2D eigenvalue weighted by molar-refractivity contribution is 6.17. The Kier molecular flexibility index (Phi) is 6.59. The van der Waals surface area contributed by atoms with Gasteiger partial charge in [-0.15, -0.1) is 0 Å². The van der Waals surface area contributed by atoms with E-state index in [-0.39, 0.29) is 5.41 Å². The van der Waals surface area contributed by atoms with Crippen molar-refractivity contribution in [2.45, 2.75) is 19.3 Å². The molecule has 0 N–H and O–H groups in total. The second-order valence-corrected chi connectivity index (χ2v) is 14.6. The van der Waals surface area contributed by atoms with Crippen LogP contribution in [-0.4, -0.2) is 0 Å². The third-order valence-electron chi connectivity index (χ3n) is 11.4. The quantitative estimate of drug-likeness (QED) is 0.131. The number of hydrogen-bond acceptors (Lipinski definition) is 1. The topological polar surface area (TPSA) is 9.23 Å². The lowest BCUT2D eigenvalue weighted by atomic mass is 9.81. The molecule has 0 unspecified atom stereocenters. The van der Waals surface area contributed by atoms with Crippen molar-refractivity contribution in [1.82, 2.24) is 0 Å². The minimum atomic E-state index is -0.0222. The van der Waals surface area contributed by atoms with Crippen LogP contribution in [0.2, 0.25) is 0 Å². The molecule has 0 radical (unpaired) electrons. The highest BCUT2D eigenvalue weighted by Gasteiger charge is 2.35. The number of hydrogen-bond donors (Lipinski definition) is 0. The maximum Gasteiger partial charge on any atom is 0.143 e. The minimum absolute atomic E-state index is 0.0222. The normalized spacial score (nSPS) is 13.8. The van der Waals surface area contributed by atoms with E-state index in [0.29, 0.717) is 0 Å². The van der Waals surface area contributed by atoms with Gasteiger partial charge in [-0.25, -0.2) is 0 Å². The monoisotopic (exact) mass is 664 g/mol. The minimum Gasteiger partial charge on any atom is -0.455 e. The van der Waals surface area contributed by atoms with Crippen LogP contribution >= 0.6 is 0 Å². The van der Waals surface area contributed by atoms with Gasteiger partial charge in [0.2, 0.25) is 0 Å². The van der Waals surface area contributed by atoms with Crippen LogP contribution in [0.1, 0.15) is 30.5 Å². The maximum atomic E-state index is 6.91. The summed E-state index contributed by atoms with van der Waals surface area (Å²) >= 11 is 0. The molecule has 0 amide bonds. The Hall–Kier alpha value is -6.44. The van der Waals surface area contributed by atoms with Gasteiger partial charge >= 0.3 is 0 Å². The van der Waals surface area contributed by atoms with Crippen molar-refractivity contribution in [3.63, 3.8) is 0 Å². The van der Waals surface area contributed by atoms with Crippen LogP contribution in [0.15, 0.2) is 171 Å². The summed E-state index contributed by atoms with van der Waals surface area (Å²) in [5, 5.41) is 7.10. The first-order valence-electron chi connectivity index (χ1n) is 18.0. The zero-order valence-corrected chi connectivity index (χ0v) is 29.3. The molecule has 0 saturated carbocycles. The number of benzene rings is 8. The van der Waals surface area contributed by atoms with Gasteiger partial charge in [0.1, 0.15) is 11.5 Å². The van der Waals surface area contributed by atoms with Gasteiger partial charge in [-0.1, -0.05) is 154 Å². The number of allylic oxidation sites excluding steroid dienone is 4. The second kappa shape index (κ2) is 11.3. The Morgan fingerprint density at radius 3 is 2.06 bits per heavy atom. The van der Waals surface area contributed by atoms with Crippen LogP contribution in [0.25, 0.3) is 82.4 Å². The summed E-state index contributed by atoms with van der Waals surface area (Å²) < 4.78 is 6.91. The molecule has 246 valence electrons. The van der Waals surface area contributed by atoms with Crippen LogP contribution in [0, 0.1) is 0 Å². The standard InChI is InChI=1S/C51H36O/c1-5-11-31(6-2)35-21-23-38-30-48-49-42(14-10-15-43(49)45(38)28-35)44-16-9-13-39(50(44)52-48)37-22-20-32-26-33(18-19-34(32)27-37)36-24-25-41-40-12-7-8-17-46(40)51(3,4)47(41)29-36/h5-30H,1-2H2,3-4H3/b31-11+. The van der Waals surface area contributed by atoms with Crippen molar-refractivity contribution < 1.29 is 4.74 Å². The highest BCUT2D eigenvalue weighted by atomic mass is 16.5. The van der Waals surface area contributed by atoms with E-state index in [1.54, 1.807) is 0 Å². The average molecular weight is 665 g/mol. The summed E-state index contributed by atoms with van der Waals surface area (Å²) in [4.78, 5) is 0. The summed E-state index contributed by atoms with van der Waals surface area (Å²) in [5.74, 6) is 1.79. The van der Waals surface area contributed by atoms with E-state index >= 15 is 0 Å². The van der Waals surface area contributed by atoms with Gasteiger partial charge in [0, 0.05) is 21.9 Å². The van der Waals surface area contributed by atoms with Gasteiger partial charge in [0.15, 0.2) is 0 Å². The lowest BCUT2D eigenvalue weighted by Crippen LogP contribution is -2.14. The van der Waals surface area contributed by atoms with Crippen molar-refractivity contribution in [2.75, 3.05) is 0 Å². The number of ether oxygens (including phenoxy) is 1. The smallest absolute Gasteiger partial charge is 0.143 e. The fourth-order valence-electron chi connectivity index (χ4n) is 8.74. The molecule has 0 atom stereocenters. The van der Waals surface area contributed by atoms with E-state index in [0.717, 1.165) is 50.1 Å². The summed E-state index contributed by atoms with van der Waals surface area (Å²) in [6.45, 7) is 12.6. The number of rotatable bonds is 5. The molecule has 52 heavy (non-hydrogen) atoms. The molecule has 2 aliphatic rings. The van der Waals surface area contributed by atoms with Gasteiger partial charge in [-0.05, 0) is 113 Å². The second-order valence-electron chi connectivity index (χ2n) is 14.6. The lowest BCUT2D eigenvalue weighted by Gasteiger charge is -2.25. The molecule has 0 aromatic heterocycles. The Bertz CT molecular complexity index is 2880. The molecule has 1 heteroatoms. The number of para-hydroxylation sites is 1. The zero-order valence-electron chi connectivity index (χ0n) is 29.3. The van der Waals surface area contributed by atoms with Gasteiger partial charge in [-0.2, -0.15) is 0 Å². The summed E-state index contributed by atoms with van der Waals surface area (Å²) in [5.41, 5.74) is 14.7. The molecule has 1 nitrogen and oxygen atoms in total. The van der Waals surface area contributed by atoms with Crippen LogP contribution < -0.4 is 4.74 Å². The first kappa shape index (κ1) is 30.4. The Balaban J connectivity index is 1.04. The largest absolute Gasteiger partial charge is 0.455 e. The molecule has 1 aliphatic heterocycles. The van der Waals surface area contributed by atoms with Crippen molar-refractivity contribution in [3.8, 4) is 56.0 Å². The Labute approximate surface area is 304 Å². The van der Waals surface area contributed by atoms with Crippen molar-refractivity contribution in [2.24, 2.45) is 0 Å². The van der Waals surface area contributed by atoms with E-state index in [1.807, 2.05) is 18.2 Å². The Morgan fingerprint density at radius 1 is 0.538 bits per heavy atom. The van der Waals surface area contributed by atoms with Gasteiger partial charge in [0.05, 0.1) is 0 Å². The van der Waals surface area contributed by atoms with E-state index in [1.165, 1.54) is 60.5 Å².